The molecule has 0 aliphatic rings. The van der Waals surface area contributed by atoms with Gasteiger partial charge in [0.15, 0.2) is 0 Å². The number of anilines is 1. The van der Waals surface area contributed by atoms with E-state index < -0.39 is 10.0 Å². The van der Waals surface area contributed by atoms with Crippen LogP contribution in [0.1, 0.15) is 4.88 Å². The molecular weight excluding hydrogens is 336 g/mol. The van der Waals surface area contributed by atoms with Gasteiger partial charge in [0.2, 0.25) is 0 Å². The molecule has 0 bridgehead atoms. The average molecular weight is 347 g/mol. The van der Waals surface area contributed by atoms with Gasteiger partial charge in [-0.05, 0) is 34.1 Å². The molecule has 18 heavy (non-hydrogen) atoms. The zero-order chi connectivity index (χ0) is 13.2. The smallest absolute Gasteiger partial charge is 0.263 e. The Kier molecular flexibility index (Phi) is 4.06. The van der Waals surface area contributed by atoms with Gasteiger partial charge in [-0.1, -0.05) is 18.2 Å². The zero-order valence-corrected chi connectivity index (χ0v) is 12.5. The van der Waals surface area contributed by atoms with Gasteiger partial charge in [0.1, 0.15) is 4.90 Å². The Balaban J connectivity index is 2.34. The van der Waals surface area contributed by atoms with Gasteiger partial charge in [0, 0.05) is 17.1 Å². The third-order valence-corrected chi connectivity index (χ3v) is 5.88. The van der Waals surface area contributed by atoms with Crippen molar-refractivity contribution in [2.75, 3.05) is 4.72 Å². The lowest BCUT2D eigenvalue weighted by atomic mass is 10.3. The first-order valence-electron chi connectivity index (χ1n) is 5.09. The number of hydrogen-bond donors (Lipinski definition) is 2. The Morgan fingerprint density at radius 2 is 1.94 bits per heavy atom. The van der Waals surface area contributed by atoms with Crippen molar-refractivity contribution >= 4 is 43.0 Å². The minimum atomic E-state index is -3.58. The maximum absolute atomic E-state index is 12.2. The number of nitrogens with one attached hydrogen (secondary N) is 1. The van der Waals surface area contributed by atoms with Crippen LogP contribution >= 0.6 is 27.3 Å². The molecule has 0 radical (unpaired) electrons. The maximum atomic E-state index is 12.2. The Hall–Kier alpha value is -0.890. The topological polar surface area (TPSA) is 72.2 Å². The molecule has 1 heterocycles. The summed E-state index contributed by atoms with van der Waals surface area (Å²) >= 11 is 4.58. The van der Waals surface area contributed by atoms with Crippen molar-refractivity contribution in [3.63, 3.8) is 0 Å². The summed E-state index contributed by atoms with van der Waals surface area (Å²) in [5.41, 5.74) is 6.03. The molecule has 0 amide bonds. The number of nitrogens with two attached hydrogens (primary N) is 1. The van der Waals surface area contributed by atoms with Crippen molar-refractivity contribution in [2.45, 2.75) is 11.4 Å². The van der Waals surface area contributed by atoms with Crippen LogP contribution in [-0.2, 0) is 16.6 Å². The molecule has 96 valence electrons. The molecule has 1 aromatic heterocycles. The second-order valence-electron chi connectivity index (χ2n) is 3.53. The van der Waals surface area contributed by atoms with Gasteiger partial charge in [-0.2, -0.15) is 0 Å². The molecule has 4 nitrogen and oxygen atoms in total. The Morgan fingerprint density at radius 1 is 1.28 bits per heavy atom. The summed E-state index contributed by atoms with van der Waals surface area (Å²) in [5, 5.41) is 0. The van der Waals surface area contributed by atoms with E-state index in [0.717, 1.165) is 4.88 Å². The van der Waals surface area contributed by atoms with Gasteiger partial charge in [0.25, 0.3) is 10.0 Å². The summed E-state index contributed by atoms with van der Waals surface area (Å²) in [4.78, 5) is 1.03. The van der Waals surface area contributed by atoms with Crippen molar-refractivity contribution in [1.82, 2.24) is 0 Å². The van der Waals surface area contributed by atoms with Crippen LogP contribution in [0.5, 0.6) is 0 Å². The van der Waals surface area contributed by atoms with Gasteiger partial charge in [-0.25, -0.2) is 8.42 Å². The quantitative estimate of drug-likeness (QED) is 0.893. The van der Waals surface area contributed by atoms with E-state index in [1.807, 2.05) is 6.07 Å². The van der Waals surface area contributed by atoms with Crippen LogP contribution in [0.4, 0.5) is 5.69 Å². The van der Waals surface area contributed by atoms with E-state index in [2.05, 4.69) is 20.7 Å². The number of hydrogen-bond acceptors (Lipinski definition) is 4. The number of thiophene rings is 1. The lowest BCUT2D eigenvalue weighted by Crippen LogP contribution is -2.12. The molecule has 0 aliphatic heterocycles. The molecule has 0 atom stereocenters. The molecule has 0 fully saturated rings. The highest BCUT2D eigenvalue weighted by Crippen LogP contribution is 2.32. The number of sulfonamides is 1. The summed E-state index contributed by atoms with van der Waals surface area (Å²) in [6.45, 7) is 0.324. The van der Waals surface area contributed by atoms with Crippen LogP contribution in [0.2, 0.25) is 0 Å². The predicted molar refractivity (Wildman–Crippen MR) is 77.2 cm³/mol. The van der Waals surface area contributed by atoms with Crippen LogP contribution in [0, 0.1) is 0 Å². The van der Waals surface area contributed by atoms with Gasteiger partial charge < -0.3 is 5.73 Å². The fourth-order valence-electron chi connectivity index (χ4n) is 1.40. The summed E-state index contributed by atoms with van der Waals surface area (Å²) in [6, 6.07) is 10.3. The summed E-state index contributed by atoms with van der Waals surface area (Å²) in [6.07, 6.45) is 0. The lowest BCUT2D eigenvalue weighted by Gasteiger charge is -2.06. The van der Waals surface area contributed by atoms with Crippen LogP contribution in [-0.4, -0.2) is 8.42 Å². The molecule has 0 saturated heterocycles. The first kappa shape index (κ1) is 13.5. The monoisotopic (exact) mass is 346 g/mol. The minimum Gasteiger partial charge on any atom is -0.326 e. The molecule has 0 aliphatic carbocycles. The molecule has 1 aromatic carbocycles. The van der Waals surface area contributed by atoms with Gasteiger partial charge in [0.05, 0.1) is 3.79 Å². The highest BCUT2D eigenvalue weighted by Gasteiger charge is 2.20. The predicted octanol–water partition coefficient (Wildman–Crippen LogP) is 2.77. The summed E-state index contributed by atoms with van der Waals surface area (Å²) in [5.74, 6) is 0. The maximum Gasteiger partial charge on any atom is 0.263 e. The third-order valence-electron chi connectivity index (χ3n) is 2.22. The first-order chi connectivity index (χ1) is 8.53. The van der Waals surface area contributed by atoms with E-state index in [4.69, 9.17) is 5.73 Å². The second kappa shape index (κ2) is 5.40. The average Bonchev–Trinajstić information content (AvgIpc) is 2.72. The van der Waals surface area contributed by atoms with E-state index in [0.29, 0.717) is 16.0 Å². The fourth-order valence-corrected chi connectivity index (χ4v) is 5.02. The molecular formula is C11H11BrN2O2S2. The van der Waals surface area contributed by atoms with E-state index in [1.165, 1.54) is 11.3 Å². The van der Waals surface area contributed by atoms with Crippen LogP contribution < -0.4 is 10.5 Å². The number of halogens is 1. The van der Waals surface area contributed by atoms with E-state index in [-0.39, 0.29) is 4.90 Å². The molecule has 2 aromatic rings. The van der Waals surface area contributed by atoms with E-state index in [1.54, 1.807) is 30.3 Å². The molecule has 0 saturated carbocycles. The molecule has 3 N–H and O–H groups in total. The highest BCUT2D eigenvalue weighted by atomic mass is 79.9. The lowest BCUT2D eigenvalue weighted by molar-refractivity contribution is 0.601. The number of rotatable bonds is 4. The SMILES string of the molecule is NCc1cc(S(=O)(=O)Nc2ccccc2)c(Br)s1. The summed E-state index contributed by atoms with van der Waals surface area (Å²) < 4.78 is 27.4. The van der Waals surface area contributed by atoms with Gasteiger partial charge in [-0.15, -0.1) is 11.3 Å². The van der Waals surface area contributed by atoms with Crippen molar-refractivity contribution < 1.29 is 8.42 Å². The van der Waals surface area contributed by atoms with Crippen LogP contribution in [0.15, 0.2) is 45.1 Å². The van der Waals surface area contributed by atoms with Gasteiger partial charge in [-0.3, -0.25) is 4.72 Å². The normalized spacial score (nSPS) is 11.4. The van der Waals surface area contributed by atoms with Crippen molar-refractivity contribution in [1.29, 1.82) is 0 Å². The Morgan fingerprint density at radius 3 is 2.50 bits per heavy atom. The number of para-hydroxylation sites is 1. The van der Waals surface area contributed by atoms with Gasteiger partial charge >= 0.3 is 0 Å². The highest BCUT2D eigenvalue weighted by molar-refractivity contribution is 9.11. The first-order valence-corrected chi connectivity index (χ1v) is 8.18. The molecule has 7 heteroatoms. The van der Waals surface area contributed by atoms with E-state index in [9.17, 15) is 8.42 Å². The van der Waals surface area contributed by atoms with Crippen LogP contribution in [0.3, 0.4) is 0 Å². The van der Waals surface area contributed by atoms with Crippen molar-refractivity contribution in [2.24, 2.45) is 5.73 Å². The Labute approximate surface area is 118 Å². The van der Waals surface area contributed by atoms with E-state index >= 15 is 0 Å². The Bertz CT molecular complexity index is 638. The van der Waals surface area contributed by atoms with Crippen molar-refractivity contribution in [3.05, 3.63) is 45.1 Å². The third kappa shape index (κ3) is 2.92. The standard InChI is InChI=1S/C11H11BrN2O2S2/c12-11-10(6-9(7-13)17-11)18(15,16)14-8-4-2-1-3-5-8/h1-6,14H,7,13H2. The largest absolute Gasteiger partial charge is 0.326 e. The van der Waals surface area contributed by atoms with Crippen LogP contribution in [0.25, 0.3) is 0 Å². The second-order valence-corrected chi connectivity index (χ2v) is 7.63. The molecule has 2 rings (SSSR count). The van der Waals surface area contributed by atoms with Crippen molar-refractivity contribution in [3.8, 4) is 0 Å². The summed E-state index contributed by atoms with van der Waals surface area (Å²) in [7, 11) is -3.58. The molecule has 0 spiro atoms. The zero-order valence-electron chi connectivity index (χ0n) is 9.26. The molecule has 0 unspecified atom stereocenters. The number of benzene rings is 1. The fraction of sp³-hybridized carbons (Fsp3) is 0.0909. The minimum absolute atomic E-state index is 0.219.